The van der Waals surface area contributed by atoms with Crippen LogP contribution in [0.3, 0.4) is 0 Å². The number of nitrogens with zero attached hydrogens (tertiary/aromatic N) is 2. The highest BCUT2D eigenvalue weighted by Gasteiger charge is 2.42. The van der Waals surface area contributed by atoms with Crippen LogP contribution in [0.1, 0.15) is 64.6 Å². The average Bonchev–Trinajstić information content (AvgIpc) is 3.18. The van der Waals surface area contributed by atoms with Gasteiger partial charge in [0.15, 0.2) is 0 Å². The Bertz CT molecular complexity index is 451. The number of nitrogens with one attached hydrogen (secondary N) is 1. The van der Waals surface area contributed by atoms with Crippen LogP contribution in [-0.2, 0) is 6.42 Å². The monoisotopic (exact) mass is 289 g/mol. The first kappa shape index (κ1) is 15.1. The van der Waals surface area contributed by atoms with Gasteiger partial charge in [-0.3, -0.25) is 4.68 Å². The van der Waals surface area contributed by atoms with Crippen LogP contribution in [0, 0.1) is 17.8 Å². The predicted molar refractivity (Wildman–Crippen MR) is 87.3 cm³/mol. The van der Waals surface area contributed by atoms with Crippen LogP contribution < -0.4 is 5.32 Å². The molecule has 3 rings (SSSR count). The normalized spacial score (nSPS) is 29.4. The van der Waals surface area contributed by atoms with Crippen LogP contribution in [0.25, 0.3) is 0 Å². The van der Waals surface area contributed by atoms with E-state index in [9.17, 15) is 0 Å². The average molecular weight is 289 g/mol. The van der Waals surface area contributed by atoms with E-state index in [1.165, 1.54) is 37.8 Å². The lowest BCUT2D eigenvalue weighted by atomic mass is 9.81. The maximum Gasteiger partial charge on any atom is 0.0640 e. The molecule has 0 saturated heterocycles. The minimum absolute atomic E-state index is 0.461. The molecule has 2 aliphatic rings. The van der Waals surface area contributed by atoms with E-state index in [0.29, 0.717) is 12.1 Å². The summed E-state index contributed by atoms with van der Waals surface area (Å²) in [6, 6.07) is 3.31. The van der Waals surface area contributed by atoms with Crippen molar-refractivity contribution in [1.82, 2.24) is 15.1 Å². The molecule has 3 nitrogen and oxygen atoms in total. The molecule has 1 aromatic heterocycles. The molecular formula is C18H31N3. The summed E-state index contributed by atoms with van der Waals surface area (Å²) in [7, 11) is 0. The highest BCUT2D eigenvalue weighted by molar-refractivity contribution is 5.05. The summed E-state index contributed by atoms with van der Waals surface area (Å²) >= 11 is 0. The van der Waals surface area contributed by atoms with Crippen molar-refractivity contribution in [3.05, 3.63) is 18.0 Å². The van der Waals surface area contributed by atoms with Gasteiger partial charge in [0.05, 0.1) is 5.69 Å². The molecule has 1 aromatic rings. The minimum atomic E-state index is 0.461. The Hall–Kier alpha value is -0.830. The molecule has 1 N–H and O–H groups in total. The fraction of sp³-hybridized carbons (Fsp3) is 0.833. The first-order valence-electron chi connectivity index (χ1n) is 8.94. The van der Waals surface area contributed by atoms with Crippen molar-refractivity contribution in [2.75, 3.05) is 6.54 Å². The second-order valence-corrected chi connectivity index (χ2v) is 7.48. The van der Waals surface area contributed by atoms with Gasteiger partial charge in [-0.25, -0.2) is 0 Å². The largest absolute Gasteiger partial charge is 0.313 e. The Balaban J connectivity index is 1.66. The summed E-state index contributed by atoms with van der Waals surface area (Å²) in [5, 5.41) is 8.60. The van der Waals surface area contributed by atoms with Crippen molar-refractivity contribution in [3.63, 3.8) is 0 Å². The zero-order chi connectivity index (χ0) is 14.8. The lowest BCUT2D eigenvalue weighted by molar-refractivity contribution is 0.245. The molecular weight excluding hydrogens is 258 g/mol. The summed E-state index contributed by atoms with van der Waals surface area (Å²) in [6.45, 7) is 7.79. The second kappa shape index (κ2) is 6.51. The van der Waals surface area contributed by atoms with Crippen molar-refractivity contribution >= 4 is 0 Å². The fourth-order valence-electron chi connectivity index (χ4n) is 4.49. The van der Waals surface area contributed by atoms with Crippen LogP contribution in [0.15, 0.2) is 12.3 Å². The predicted octanol–water partition coefficient (Wildman–Crippen LogP) is 3.81. The topological polar surface area (TPSA) is 29.9 Å². The molecule has 3 heteroatoms. The lowest BCUT2D eigenvalue weighted by Gasteiger charge is -2.31. The van der Waals surface area contributed by atoms with E-state index in [-0.39, 0.29) is 0 Å². The second-order valence-electron chi connectivity index (χ2n) is 7.48. The van der Waals surface area contributed by atoms with Gasteiger partial charge in [-0.05, 0) is 69.9 Å². The summed E-state index contributed by atoms with van der Waals surface area (Å²) in [5.41, 5.74) is 1.26. The van der Waals surface area contributed by atoms with Gasteiger partial charge >= 0.3 is 0 Å². The number of hydrogen-bond acceptors (Lipinski definition) is 2. The summed E-state index contributed by atoms with van der Waals surface area (Å²) in [5.74, 6) is 2.90. The molecule has 4 unspecified atom stereocenters. The third-order valence-electron chi connectivity index (χ3n) is 5.59. The van der Waals surface area contributed by atoms with Crippen LogP contribution in [0.4, 0.5) is 0 Å². The van der Waals surface area contributed by atoms with Crippen molar-refractivity contribution in [2.45, 2.75) is 71.4 Å². The van der Waals surface area contributed by atoms with Crippen LogP contribution in [-0.4, -0.2) is 22.4 Å². The van der Waals surface area contributed by atoms with Gasteiger partial charge in [-0.15, -0.1) is 0 Å². The van der Waals surface area contributed by atoms with Crippen LogP contribution in [0.2, 0.25) is 0 Å². The molecule has 4 atom stereocenters. The van der Waals surface area contributed by atoms with E-state index in [2.05, 4.69) is 43.0 Å². The molecule has 0 radical (unpaired) electrons. The van der Waals surface area contributed by atoms with Crippen molar-refractivity contribution < 1.29 is 0 Å². The third-order valence-corrected chi connectivity index (χ3v) is 5.59. The summed E-state index contributed by atoms with van der Waals surface area (Å²) in [6.07, 6.45) is 10.4. The Morgan fingerprint density at radius 2 is 2.19 bits per heavy atom. The molecule has 118 valence electrons. The van der Waals surface area contributed by atoms with E-state index < -0.39 is 0 Å². The SMILES string of the molecule is CCCNC(Cc1ccn(C(C)C)n1)C1CC2CCC1C2. The van der Waals surface area contributed by atoms with Gasteiger partial charge in [0.2, 0.25) is 0 Å². The Morgan fingerprint density at radius 1 is 1.33 bits per heavy atom. The maximum absolute atomic E-state index is 4.77. The number of rotatable bonds is 7. The van der Waals surface area contributed by atoms with E-state index >= 15 is 0 Å². The van der Waals surface area contributed by atoms with Gasteiger partial charge in [-0.1, -0.05) is 13.3 Å². The summed E-state index contributed by atoms with van der Waals surface area (Å²) in [4.78, 5) is 0. The Labute approximate surface area is 129 Å². The van der Waals surface area contributed by atoms with E-state index in [4.69, 9.17) is 5.10 Å². The first-order chi connectivity index (χ1) is 10.2. The van der Waals surface area contributed by atoms with E-state index in [1.54, 1.807) is 0 Å². The molecule has 2 fully saturated rings. The maximum atomic E-state index is 4.77. The standard InChI is InChI=1S/C18H31N3/c1-4-8-19-18(17-11-14-5-6-15(17)10-14)12-16-7-9-21(20-16)13(2)3/h7,9,13-15,17-19H,4-6,8,10-12H2,1-3H3. The molecule has 0 spiro atoms. The molecule has 0 aliphatic heterocycles. The number of hydrogen-bond donors (Lipinski definition) is 1. The fourth-order valence-corrected chi connectivity index (χ4v) is 4.49. The molecule has 21 heavy (non-hydrogen) atoms. The molecule has 1 heterocycles. The molecule has 0 amide bonds. The number of fused-ring (bicyclic) bond motifs is 2. The van der Waals surface area contributed by atoms with Gasteiger partial charge in [-0.2, -0.15) is 5.10 Å². The van der Waals surface area contributed by atoms with E-state index in [0.717, 1.165) is 30.7 Å². The zero-order valence-corrected chi connectivity index (χ0v) is 13.9. The van der Waals surface area contributed by atoms with Crippen molar-refractivity contribution in [1.29, 1.82) is 0 Å². The Morgan fingerprint density at radius 3 is 2.76 bits per heavy atom. The van der Waals surface area contributed by atoms with Crippen molar-refractivity contribution in [2.24, 2.45) is 17.8 Å². The zero-order valence-electron chi connectivity index (χ0n) is 13.9. The Kier molecular flexibility index (Phi) is 4.68. The quantitative estimate of drug-likeness (QED) is 0.827. The van der Waals surface area contributed by atoms with Crippen molar-refractivity contribution in [3.8, 4) is 0 Å². The van der Waals surface area contributed by atoms with Crippen LogP contribution >= 0.6 is 0 Å². The smallest absolute Gasteiger partial charge is 0.0640 e. The van der Waals surface area contributed by atoms with Gasteiger partial charge in [0.25, 0.3) is 0 Å². The molecule has 2 aliphatic carbocycles. The number of aromatic nitrogens is 2. The van der Waals surface area contributed by atoms with E-state index in [1.807, 2.05) is 0 Å². The minimum Gasteiger partial charge on any atom is -0.313 e. The summed E-state index contributed by atoms with van der Waals surface area (Å²) < 4.78 is 2.09. The molecule has 2 bridgehead atoms. The van der Waals surface area contributed by atoms with Gasteiger partial charge < -0.3 is 5.32 Å². The van der Waals surface area contributed by atoms with Crippen LogP contribution in [0.5, 0.6) is 0 Å². The van der Waals surface area contributed by atoms with Gasteiger partial charge in [0, 0.05) is 24.7 Å². The van der Waals surface area contributed by atoms with Gasteiger partial charge in [0.1, 0.15) is 0 Å². The highest BCUT2D eigenvalue weighted by atomic mass is 15.3. The lowest BCUT2D eigenvalue weighted by Crippen LogP contribution is -2.41. The molecule has 0 aromatic carbocycles. The first-order valence-corrected chi connectivity index (χ1v) is 8.94. The highest BCUT2D eigenvalue weighted by Crippen LogP contribution is 2.49. The molecule has 2 saturated carbocycles. The third kappa shape index (κ3) is 3.33.